The molecular weight excluding hydrogens is 180 g/mol. The lowest BCUT2D eigenvalue weighted by atomic mass is 9.87. The monoisotopic (exact) mass is 192 g/mol. The second-order valence-electron chi connectivity index (χ2n) is 3.92. The number of hydrogen-bond donors (Lipinski definition) is 0. The third kappa shape index (κ3) is 1.48. The number of allylic oxidation sites excluding steroid dienone is 7. The van der Waals surface area contributed by atoms with Gasteiger partial charge in [0.15, 0.2) is 0 Å². The Labute approximate surface area is 89.9 Å². The van der Waals surface area contributed by atoms with Crippen molar-refractivity contribution in [2.24, 2.45) is 0 Å². The quantitative estimate of drug-likeness (QED) is 0.583. The third-order valence-corrected chi connectivity index (χ3v) is 2.87. The van der Waals surface area contributed by atoms with Crippen molar-refractivity contribution in [3.05, 3.63) is 71.3 Å². The molecule has 2 bridgehead atoms. The van der Waals surface area contributed by atoms with Crippen molar-refractivity contribution in [1.82, 2.24) is 0 Å². The summed E-state index contributed by atoms with van der Waals surface area (Å²) in [5.74, 6) is 0. The molecule has 0 saturated heterocycles. The Morgan fingerprint density at radius 1 is 0.933 bits per heavy atom. The van der Waals surface area contributed by atoms with E-state index < -0.39 is 0 Å². The van der Waals surface area contributed by atoms with Gasteiger partial charge in [-0.1, -0.05) is 60.7 Å². The largest absolute Gasteiger partial charge is 0.0622 e. The molecular formula is C15H12. The molecule has 0 saturated carbocycles. The Morgan fingerprint density at radius 3 is 2.87 bits per heavy atom. The molecule has 0 heterocycles. The van der Waals surface area contributed by atoms with Crippen LogP contribution in [0, 0.1) is 0 Å². The molecule has 1 aromatic rings. The van der Waals surface area contributed by atoms with E-state index in [0.29, 0.717) is 0 Å². The highest BCUT2D eigenvalue weighted by Gasteiger charge is 2.12. The summed E-state index contributed by atoms with van der Waals surface area (Å²) in [6, 6.07) is 8.59. The predicted octanol–water partition coefficient (Wildman–Crippen LogP) is 3.98. The van der Waals surface area contributed by atoms with E-state index in [1.165, 1.54) is 22.3 Å². The van der Waals surface area contributed by atoms with Gasteiger partial charge in [-0.05, 0) is 28.7 Å². The maximum atomic E-state index is 2.28. The zero-order chi connectivity index (χ0) is 10.1. The van der Waals surface area contributed by atoms with Gasteiger partial charge in [-0.25, -0.2) is 0 Å². The van der Waals surface area contributed by atoms with E-state index in [1.807, 2.05) is 0 Å². The molecule has 72 valence electrons. The fraction of sp³-hybridized carbons (Fsp3) is 0.0667. The van der Waals surface area contributed by atoms with Crippen molar-refractivity contribution >= 4 is 11.6 Å². The molecule has 0 unspecified atom stereocenters. The molecule has 0 atom stereocenters. The molecule has 0 amide bonds. The maximum Gasteiger partial charge on any atom is -0.00194 e. The zero-order valence-electron chi connectivity index (χ0n) is 8.48. The molecule has 0 radical (unpaired) electrons. The summed E-state index contributed by atoms with van der Waals surface area (Å²) in [5, 5.41) is 0. The molecule has 0 N–H and O–H groups in total. The van der Waals surface area contributed by atoms with Gasteiger partial charge in [-0.3, -0.25) is 0 Å². The summed E-state index contributed by atoms with van der Waals surface area (Å²) >= 11 is 0. The van der Waals surface area contributed by atoms with Gasteiger partial charge in [0.25, 0.3) is 0 Å². The van der Waals surface area contributed by atoms with E-state index in [-0.39, 0.29) is 0 Å². The van der Waals surface area contributed by atoms with Crippen molar-refractivity contribution in [2.75, 3.05) is 0 Å². The zero-order valence-corrected chi connectivity index (χ0v) is 8.48. The summed E-state index contributed by atoms with van der Waals surface area (Å²) in [6.45, 7) is 0. The van der Waals surface area contributed by atoms with Crippen LogP contribution >= 0.6 is 0 Å². The van der Waals surface area contributed by atoms with Crippen LogP contribution in [0.25, 0.3) is 11.6 Å². The van der Waals surface area contributed by atoms with Crippen LogP contribution in [0.1, 0.15) is 17.5 Å². The minimum atomic E-state index is 1.05. The SMILES string of the molecule is C1=C2\C=C/C=C\C=C(\C2)c2ccccc21. The normalized spacial score (nSPS) is 25.1. The summed E-state index contributed by atoms with van der Waals surface area (Å²) in [5.41, 5.74) is 5.53. The van der Waals surface area contributed by atoms with E-state index in [0.717, 1.165) is 6.42 Å². The molecule has 3 rings (SSSR count). The summed E-state index contributed by atoms with van der Waals surface area (Å²) in [4.78, 5) is 0. The van der Waals surface area contributed by atoms with Gasteiger partial charge in [0.1, 0.15) is 0 Å². The van der Waals surface area contributed by atoms with Crippen LogP contribution in [0.4, 0.5) is 0 Å². The lowest BCUT2D eigenvalue weighted by Gasteiger charge is -2.18. The second kappa shape index (κ2) is 3.39. The van der Waals surface area contributed by atoms with Gasteiger partial charge in [0.05, 0.1) is 0 Å². The average Bonchev–Trinajstić information content (AvgIpc) is 2.25. The van der Waals surface area contributed by atoms with Gasteiger partial charge >= 0.3 is 0 Å². The van der Waals surface area contributed by atoms with Gasteiger partial charge in [0.2, 0.25) is 0 Å². The first kappa shape index (κ1) is 8.49. The van der Waals surface area contributed by atoms with Gasteiger partial charge in [-0.15, -0.1) is 0 Å². The number of rotatable bonds is 0. The van der Waals surface area contributed by atoms with Crippen LogP contribution in [0.15, 0.2) is 60.2 Å². The summed E-state index contributed by atoms with van der Waals surface area (Å²) in [7, 11) is 0. The molecule has 0 aromatic heterocycles. The van der Waals surface area contributed by atoms with Gasteiger partial charge < -0.3 is 0 Å². The first-order valence-corrected chi connectivity index (χ1v) is 5.27. The maximum absolute atomic E-state index is 2.28. The molecule has 0 fully saturated rings. The van der Waals surface area contributed by atoms with E-state index in [2.05, 4.69) is 60.7 Å². The smallest absolute Gasteiger partial charge is 0.00194 e. The van der Waals surface area contributed by atoms with E-state index >= 15 is 0 Å². The van der Waals surface area contributed by atoms with Gasteiger partial charge in [-0.2, -0.15) is 0 Å². The Balaban J connectivity index is 2.27. The topological polar surface area (TPSA) is 0 Å². The highest BCUT2D eigenvalue weighted by Crippen LogP contribution is 2.33. The van der Waals surface area contributed by atoms with Crippen LogP contribution in [0.2, 0.25) is 0 Å². The van der Waals surface area contributed by atoms with Crippen LogP contribution in [0.5, 0.6) is 0 Å². The molecule has 0 heteroatoms. The highest BCUT2D eigenvalue weighted by molar-refractivity contribution is 5.83. The Morgan fingerprint density at radius 2 is 1.87 bits per heavy atom. The van der Waals surface area contributed by atoms with E-state index in [1.54, 1.807) is 0 Å². The first-order chi connectivity index (χ1) is 7.43. The van der Waals surface area contributed by atoms with Crippen molar-refractivity contribution in [3.8, 4) is 0 Å². The molecule has 0 aliphatic heterocycles. The molecule has 0 nitrogen and oxygen atoms in total. The van der Waals surface area contributed by atoms with Crippen LogP contribution < -0.4 is 0 Å². The Bertz CT molecular complexity index is 511. The predicted molar refractivity (Wildman–Crippen MR) is 65.3 cm³/mol. The molecule has 2 aliphatic carbocycles. The number of benzene rings is 1. The molecule has 1 aromatic carbocycles. The summed E-state index contributed by atoms with van der Waals surface area (Å²) < 4.78 is 0. The van der Waals surface area contributed by atoms with Crippen molar-refractivity contribution in [3.63, 3.8) is 0 Å². The van der Waals surface area contributed by atoms with Crippen LogP contribution in [-0.4, -0.2) is 0 Å². The Hall–Kier alpha value is -1.82. The summed E-state index contributed by atoms with van der Waals surface area (Å²) in [6.07, 6.45) is 14.0. The molecule has 0 spiro atoms. The minimum absolute atomic E-state index is 1.05. The standard InChI is InChI=1S/C15H12/c1-2-6-12-10-13(7-3-1)15-9-5-4-8-14(15)11-12/h1-9,11H,10H2/b2-1?,3-1-,6-2-,7-3?,12-6?,13-7-. The average molecular weight is 192 g/mol. The number of fused-ring (bicyclic) bond motifs is 4. The van der Waals surface area contributed by atoms with Gasteiger partial charge in [0, 0.05) is 0 Å². The Kier molecular flexibility index (Phi) is 1.92. The fourth-order valence-electron chi connectivity index (χ4n) is 2.15. The third-order valence-electron chi connectivity index (χ3n) is 2.87. The van der Waals surface area contributed by atoms with Crippen LogP contribution in [-0.2, 0) is 0 Å². The lowest BCUT2D eigenvalue weighted by Crippen LogP contribution is -1.97. The number of hydrogen-bond acceptors (Lipinski definition) is 0. The first-order valence-electron chi connectivity index (χ1n) is 5.27. The van der Waals surface area contributed by atoms with Crippen molar-refractivity contribution in [1.29, 1.82) is 0 Å². The molecule has 2 aliphatic rings. The van der Waals surface area contributed by atoms with E-state index in [9.17, 15) is 0 Å². The van der Waals surface area contributed by atoms with E-state index in [4.69, 9.17) is 0 Å². The highest BCUT2D eigenvalue weighted by atomic mass is 14.2. The lowest BCUT2D eigenvalue weighted by molar-refractivity contribution is 1.27. The fourth-order valence-corrected chi connectivity index (χ4v) is 2.15. The minimum Gasteiger partial charge on any atom is -0.0622 e. The van der Waals surface area contributed by atoms with Crippen molar-refractivity contribution in [2.45, 2.75) is 6.42 Å². The second-order valence-corrected chi connectivity index (χ2v) is 3.92. The van der Waals surface area contributed by atoms with Crippen LogP contribution in [0.3, 0.4) is 0 Å². The van der Waals surface area contributed by atoms with Crippen molar-refractivity contribution < 1.29 is 0 Å². The molecule has 15 heavy (non-hydrogen) atoms.